The highest BCUT2D eigenvalue weighted by Crippen LogP contribution is 2.19. The zero-order chi connectivity index (χ0) is 9.03. The first-order chi connectivity index (χ1) is 5.64. The molecule has 0 bridgehead atoms. The van der Waals surface area contributed by atoms with Gasteiger partial charge in [0.2, 0.25) is 6.29 Å². The second-order valence-electron chi connectivity index (χ2n) is 4.05. The van der Waals surface area contributed by atoms with Crippen molar-refractivity contribution in [3.05, 3.63) is 0 Å². The van der Waals surface area contributed by atoms with Crippen LogP contribution in [0.4, 0.5) is 0 Å². The topological polar surface area (TPSA) is 41.1 Å². The van der Waals surface area contributed by atoms with Crippen LogP contribution in [-0.2, 0) is 4.79 Å². The summed E-state index contributed by atoms with van der Waals surface area (Å²) in [5.74, 6) is 0. The Labute approximate surface area is 73.9 Å². The number of rotatable bonds is 3. The predicted molar refractivity (Wildman–Crippen MR) is 48.8 cm³/mol. The van der Waals surface area contributed by atoms with E-state index in [1.165, 1.54) is 0 Å². The molecular formula is C9H17N2O. The molecule has 1 radical (unpaired) electrons. The third kappa shape index (κ3) is 2.91. The third-order valence-corrected chi connectivity index (χ3v) is 2.16. The average Bonchev–Trinajstić information content (AvgIpc) is 2.06. The highest BCUT2D eigenvalue weighted by Gasteiger charge is 2.24. The lowest BCUT2D eigenvalue weighted by molar-refractivity contribution is 0.318. The normalized spacial score (nSPS) is 25.3. The Bertz CT molecular complexity index is 151. The summed E-state index contributed by atoms with van der Waals surface area (Å²) in [5.41, 5.74) is -0.309. The molecule has 1 fully saturated rings. The fourth-order valence-corrected chi connectivity index (χ4v) is 1.52. The largest absolute Gasteiger partial charge is 0.314 e. The Morgan fingerprint density at radius 3 is 2.75 bits per heavy atom. The fourth-order valence-electron chi connectivity index (χ4n) is 1.52. The molecule has 0 amide bonds. The van der Waals surface area contributed by atoms with E-state index in [1.807, 2.05) is 13.8 Å². The van der Waals surface area contributed by atoms with E-state index in [0.29, 0.717) is 6.04 Å². The molecule has 0 saturated carbocycles. The van der Waals surface area contributed by atoms with Gasteiger partial charge in [-0.15, -0.1) is 0 Å². The Hall–Kier alpha value is -0.410. The molecule has 1 aliphatic rings. The van der Waals surface area contributed by atoms with Gasteiger partial charge in [-0.05, 0) is 6.42 Å². The second-order valence-corrected chi connectivity index (χ2v) is 4.05. The van der Waals surface area contributed by atoms with E-state index >= 15 is 0 Å². The Morgan fingerprint density at radius 2 is 2.25 bits per heavy atom. The zero-order valence-corrected chi connectivity index (χ0v) is 7.81. The average molecular weight is 169 g/mol. The molecule has 1 saturated heterocycles. The van der Waals surface area contributed by atoms with Crippen molar-refractivity contribution in [3.8, 4) is 0 Å². The molecule has 0 aromatic rings. The van der Waals surface area contributed by atoms with Crippen molar-refractivity contribution in [2.45, 2.75) is 26.3 Å². The van der Waals surface area contributed by atoms with Gasteiger partial charge in [0.05, 0.1) is 0 Å². The Kier molecular flexibility index (Phi) is 3.23. The molecule has 1 atom stereocenters. The molecule has 1 aliphatic heterocycles. The van der Waals surface area contributed by atoms with Crippen molar-refractivity contribution in [2.75, 3.05) is 19.6 Å². The molecule has 2 N–H and O–H groups in total. The summed E-state index contributed by atoms with van der Waals surface area (Å²) >= 11 is 0. The molecule has 1 unspecified atom stereocenters. The van der Waals surface area contributed by atoms with Gasteiger partial charge in [0.15, 0.2) is 0 Å². The summed E-state index contributed by atoms with van der Waals surface area (Å²) in [4.78, 5) is 10.5. The van der Waals surface area contributed by atoms with E-state index in [-0.39, 0.29) is 5.41 Å². The maximum atomic E-state index is 10.5. The van der Waals surface area contributed by atoms with Crippen molar-refractivity contribution in [1.29, 1.82) is 0 Å². The van der Waals surface area contributed by atoms with Crippen LogP contribution in [0.1, 0.15) is 20.3 Å². The maximum absolute atomic E-state index is 10.5. The van der Waals surface area contributed by atoms with Crippen LogP contribution >= 0.6 is 0 Å². The lowest BCUT2D eigenvalue weighted by Crippen LogP contribution is -2.49. The minimum absolute atomic E-state index is 0.309. The van der Waals surface area contributed by atoms with E-state index in [4.69, 9.17) is 0 Å². The molecule has 0 aliphatic carbocycles. The van der Waals surface area contributed by atoms with Gasteiger partial charge in [-0.2, -0.15) is 0 Å². The minimum atomic E-state index is -0.309. The number of piperazine rings is 1. The van der Waals surface area contributed by atoms with Crippen LogP contribution in [0.3, 0.4) is 0 Å². The molecule has 1 heterocycles. The van der Waals surface area contributed by atoms with E-state index in [2.05, 4.69) is 16.9 Å². The summed E-state index contributed by atoms with van der Waals surface area (Å²) in [6.45, 7) is 6.85. The van der Waals surface area contributed by atoms with Gasteiger partial charge in [-0.1, -0.05) is 13.8 Å². The highest BCUT2D eigenvalue weighted by atomic mass is 16.1. The summed E-state index contributed by atoms with van der Waals surface area (Å²) in [7, 11) is 0. The molecule has 3 nitrogen and oxygen atoms in total. The predicted octanol–water partition coefficient (Wildman–Crippen LogP) is 0.0738. The van der Waals surface area contributed by atoms with Crippen molar-refractivity contribution < 1.29 is 4.79 Å². The number of carbonyl (C=O) groups excluding carboxylic acids is 1. The van der Waals surface area contributed by atoms with Gasteiger partial charge in [0.25, 0.3) is 0 Å². The van der Waals surface area contributed by atoms with Crippen LogP contribution in [0, 0.1) is 5.41 Å². The van der Waals surface area contributed by atoms with Gasteiger partial charge in [-0.25, -0.2) is 0 Å². The van der Waals surface area contributed by atoms with E-state index < -0.39 is 0 Å². The van der Waals surface area contributed by atoms with Crippen LogP contribution in [0.25, 0.3) is 0 Å². The third-order valence-electron chi connectivity index (χ3n) is 2.16. The lowest BCUT2D eigenvalue weighted by atomic mass is 9.87. The second kappa shape index (κ2) is 4.01. The van der Waals surface area contributed by atoms with Crippen molar-refractivity contribution in [2.24, 2.45) is 5.41 Å². The van der Waals surface area contributed by atoms with Gasteiger partial charge in [-0.3, -0.25) is 4.79 Å². The van der Waals surface area contributed by atoms with Crippen LogP contribution < -0.4 is 10.6 Å². The van der Waals surface area contributed by atoms with Crippen LogP contribution in [0.2, 0.25) is 0 Å². The zero-order valence-electron chi connectivity index (χ0n) is 7.81. The molecular weight excluding hydrogens is 152 g/mol. The molecule has 0 aromatic carbocycles. The Morgan fingerprint density at radius 1 is 1.50 bits per heavy atom. The standard InChI is InChI=1S/C9H17N2O/c1-9(2,7-12)5-8-6-10-3-4-11-8/h8,10-11H,3-6H2,1-2H3. The van der Waals surface area contributed by atoms with Crippen LogP contribution in [0.5, 0.6) is 0 Å². The van der Waals surface area contributed by atoms with E-state index in [0.717, 1.165) is 26.1 Å². The SMILES string of the molecule is CC(C)([C]=O)CC1CNCCN1. The number of nitrogens with one attached hydrogen (secondary N) is 2. The van der Waals surface area contributed by atoms with Gasteiger partial charge < -0.3 is 10.6 Å². The number of hydrogen-bond donors (Lipinski definition) is 2. The summed E-state index contributed by atoms with van der Waals surface area (Å²) < 4.78 is 0. The first kappa shape index (κ1) is 9.68. The van der Waals surface area contributed by atoms with E-state index in [9.17, 15) is 4.79 Å². The molecule has 3 heteroatoms. The van der Waals surface area contributed by atoms with Crippen LogP contribution in [0.15, 0.2) is 0 Å². The summed E-state index contributed by atoms with van der Waals surface area (Å²) in [6.07, 6.45) is 2.94. The molecule has 1 rings (SSSR count). The first-order valence-corrected chi connectivity index (χ1v) is 4.47. The lowest BCUT2D eigenvalue weighted by Gasteiger charge is -2.29. The molecule has 69 valence electrons. The molecule has 12 heavy (non-hydrogen) atoms. The van der Waals surface area contributed by atoms with Gasteiger partial charge in [0, 0.05) is 31.1 Å². The quantitative estimate of drug-likeness (QED) is 0.628. The van der Waals surface area contributed by atoms with E-state index in [1.54, 1.807) is 0 Å². The minimum Gasteiger partial charge on any atom is -0.314 e. The van der Waals surface area contributed by atoms with Crippen LogP contribution in [-0.4, -0.2) is 32.0 Å². The monoisotopic (exact) mass is 169 g/mol. The molecule has 0 spiro atoms. The number of hydrogen-bond acceptors (Lipinski definition) is 3. The van der Waals surface area contributed by atoms with Gasteiger partial charge >= 0.3 is 0 Å². The van der Waals surface area contributed by atoms with Crippen molar-refractivity contribution in [3.63, 3.8) is 0 Å². The van der Waals surface area contributed by atoms with Crippen molar-refractivity contribution in [1.82, 2.24) is 10.6 Å². The maximum Gasteiger partial charge on any atom is 0.204 e. The molecule has 0 aromatic heterocycles. The summed E-state index contributed by atoms with van der Waals surface area (Å²) in [6, 6.07) is 0.426. The smallest absolute Gasteiger partial charge is 0.204 e. The highest BCUT2D eigenvalue weighted by molar-refractivity contribution is 5.58. The summed E-state index contributed by atoms with van der Waals surface area (Å²) in [5, 5.41) is 6.66. The van der Waals surface area contributed by atoms with Crippen molar-refractivity contribution >= 4 is 6.29 Å². The van der Waals surface area contributed by atoms with Gasteiger partial charge in [0.1, 0.15) is 0 Å². The fraction of sp³-hybridized carbons (Fsp3) is 0.889. The Balaban J connectivity index is 2.33. The first-order valence-electron chi connectivity index (χ1n) is 4.47.